The smallest absolute Gasteiger partial charge is 0.186 e. The summed E-state index contributed by atoms with van der Waals surface area (Å²) >= 11 is 0. The Kier molecular flexibility index (Phi) is 4.76. The molecule has 4 rings (SSSR count). The maximum atomic E-state index is 10.1. The first kappa shape index (κ1) is 17.6. The molecule has 2 fully saturated rings. The van der Waals surface area contributed by atoms with Crippen molar-refractivity contribution in [2.75, 3.05) is 5.32 Å². The van der Waals surface area contributed by atoms with Crippen molar-refractivity contribution in [3.63, 3.8) is 0 Å². The number of imidazole rings is 1. The lowest BCUT2D eigenvalue weighted by Crippen LogP contribution is -2.31. The van der Waals surface area contributed by atoms with Crippen LogP contribution < -0.4 is 5.32 Å². The normalized spacial score (nSPS) is 30.2. The number of nitrogens with one attached hydrogen (secondary N) is 1. The highest BCUT2D eigenvalue weighted by atomic mass is 16.7. The van der Waals surface area contributed by atoms with E-state index in [1.165, 1.54) is 17.3 Å². The second-order valence-corrected chi connectivity index (χ2v) is 6.85. The molecule has 4 atom stereocenters. The van der Waals surface area contributed by atoms with Crippen molar-refractivity contribution in [2.45, 2.75) is 69.5 Å². The van der Waals surface area contributed by atoms with Crippen molar-refractivity contribution in [2.24, 2.45) is 0 Å². The van der Waals surface area contributed by atoms with Gasteiger partial charge < -0.3 is 30.5 Å². The SMILES string of the molecule is OCc1nc(NC2CCCCC2)c2ncn([C@@H]3O[C@H](O)[C@@H](O)[C@H]3O)c2n1. The van der Waals surface area contributed by atoms with Crippen molar-refractivity contribution in [3.8, 4) is 0 Å². The molecule has 0 amide bonds. The van der Waals surface area contributed by atoms with Crippen molar-refractivity contribution in [1.29, 1.82) is 0 Å². The molecule has 2 aromatic heterocycles. The van der Waals surface area contributed by atoms with Gasteiger partial charge in [-0.2, -0.15) is 0 Å². The second-order valence-electron chi connectivity index (χ2n) is 6.85. The summed E-state index contributed by atoms with van der Waals surface area (Å²) in [5.74, 6) is 0.740. The molecule has 2 aliphatic rings. The molecule has 2 aromatic rings. The van der Waals surface area contributed by atoms with Crippen LogP contribution in [-0.2, 0) is 11.3 Å². The van der Waals surface area contributed by atoms with Crippen LogP contribution in [0, 0.1) is 0 Å². The van der Waals surface area contributed by atoms with Gasteiger partial charge in [0.25, 0.3) is 0 Å². The second kappa shape index (κ2) is 7.05. The van der Waals surface area contributed by atoms with Gasteiger partial charge in [0.05, 0.1) is 6.33 Å². The van der Waals surface area contributed by atoms with Gasteiger partial charge in [-0.15, -0.1) is 0 Å². The Morgan fingerprint density at radius 3 is 2.54 bits per heavy atom. The van der Waals surface area contributed by atoms with E-state index >= 15 is 0 Å². The van der Waals surface area contributed by atoms with Crippen LogP contribution in [0.25, 0.3) is 11.2 Å². The molecule has 0 spiro atoms. The minimum absolute atomic E-state index is 0.214. The third kappa shape index (κ3) is 3.03. The molecule has 142 valence electrons. The fraction of sp³-hybridized carbons (Fsp3) is 0.688. The van der Waals surface area contributed by atoms with E-state index in [-0.39, 0.29) is 18.5 Å². The van der Waals surface area contributed by atoms with Gasteiger partial charge in [-0.1, -0.05) is 19.3 Å². The topological polar surface area (TPSA) is 146 Å². The average Bonchev–Trinajstić information content (AvgIpc) is 3.19. The van der Waals surface area contributed by atoms with E-state index in [0.29, 0.717) is 17.0 Å². The number of hydrogen-bond donors (Lipinski definition) is 5. The molecule has 26 heavy (non-hydrogen) atoms. The number of nitrogens with zero attached hydrogens (tertiary/aromatic N) is 4. The molecule has 5 N–H and O–H groups in total. The lowest BCUT2D eigenvalue weighted by atomic mass is 9.95. The number of aromatic nitrogens is 4. The van der Waals surface area contributed by atoms with Crippen molar-refractivity contribution in [1.82, 2.24) is 19.5 Å². The number of fused-ring (bicyclic) bond motifs is 1. The average molecular weight is 365 g/mol. The minimum atomic E-state index is -1.49. The highest BCUT2D eigenvalue weighted by Crippen LogP contribution is 2.32. The number of aliphatic hydroxyl groups is 4. The van der Waals surface area contributed by atoms with E-state index in [1.54, 1.807) is 0 Å². The van der Waals surface area contributed by atoms with Crippen LogP contribution in [0.5, 0.6) is 0 Å². The van der Waals surface area contributed by atoms with Gasteiger partial charge in [-0.25, -0.2) is 15.0 Å². The molecule has 0 bridgehead atoms. The third-order valence-electron chi connectivity index (χ3n) is 5.04. The van der Waals surface area contributed by atoms with Crippen LogP contribution in [0.3, 0.4) is 0 Å². The van der Waals surface area contributed by atoms with Gasteiger partial charge in [-0.05, 0) is 12.8 Å². The Labute approximate surface area is 149 Å². The number of ether oxygens (including phenoxy) is 1. The molecule has 1 saturated heterocycles. The lowest BCUT2D eigenvalue weighted by molar-refractivity contribution is -0.141. The highest BCUT2D eigenvalue weighted by Gasteiger charge is 2.43. The summed E-state index contributed by atoms with van der Waals surface area (Å²) in [6, 6.07) is 0.288. The fourth-order valence-corrected chi connectivity index (χ4v) is 3.63. The minimum Gasteiger partial charge on any atom is -0.388 e. The summed E-state index contributed by atoms with van der Waals surface area (Å²) in [6.07, 6.45) is 1.78. The Morgan fingerprint density at radius 2 is 1.88 bits per heavy atom. The molecule has 1 saturated carbocycles. The van der Waals surface area contributed by atoms with Crippen LogP contribution in [-0.4, -0.2) is 64.5 Å². The van der Waals surface area contributed by atoms with Gasteiger partial charge in [0.15, 0.2) is 35.3 Å². The zero-order valence-electron chi connectivity index (χ0n) is 14.2. The summed E-state index contributed by atoms with van der Waals surface area (Å²) in [6.45, 7) is -0.347. The molecule has 3 heterocycles. The molecular formula is C16H23N5O5. The van der Waals surface area contributed by atoms with E-state index < -0.39 is 24.7 Å². The predicted octanol–water partition coefficient (Wildman–Crippen LogP) is -0.368. The summed E-state index contributed by atoms with van der Waals surface area (Å²) in [5, 5.41) is 42.4. The fourth-order valence-electron chi connectivity index (χ4n) is 3.63. The Morgan fingerprint density at radius 1 is 1.12 bits per heavy atom. The zero-order valence-corrected chi connectivity index (χ0v) is 14.2. The van der Waals surface area contributed by atoms with Gasteiger partial charge in [0, 0.05) is 6.04 Å². The maximum Gasteiger partial charge on any atom is 0.186 e. The predicted molar refractivity (Wildman–Crippen MR) is 89.9 cm³/mol. The standard InChI is InChI=1S/C16H23N5O5/c22-6-9-19-13(18-8-4-2-1-3-5-8)10-14(20-9)21(7-17-10)15-11(23)12(24)16(25)26-15/h7-8,11-12,15-16,22-25H,1-6H2,(H,18,19,20)/t11-,12+,15-,16+/m1/s1. The molecule has 10 nitrogen and oxygen atoms in total. The molecule has 0 radical (unpaired) electrons. The van der Waals surface area contributed by atoms with Crippen LogP contribution in [0.4, 0.5) is 5.82 Å². The summed E-state index contributed by atoms with van der Waals surface area (Å²) in [4.78, 5) is 13.0. The lowest BCUT2D eigenvalue weighted by Gasteiger charge is -2.23. The quantitative estimate of drug-likeness (QED) is 0.490. The van der Waals surface area contributed by atoms with E-state index in [1.807, 2.05) is 0 Å². The van der Waals surface area contributed by atoms with Gasteiger partial charge in [-0.3, -0.25) is 4.57 Å². The first-order valence-corrected chi connectivity index (χ1v) is 8.89. The molecule has 1 aliphatic heterocycles. The van der Waals surface area contributed by atoms with E-state index in [9.17, 15) is 20.4 Å². The van der Waals surface area contributed by atoms with Crippen LogP contribution in [0.2, 0.25) is 0 Å². The highest BCUT2D eigenvalue weighted by molar-refractivity contribution is 5.83. The van der Waals surface area contributed by atoms with Gasteiger partial charge >= 0.3 is 0 Å². The van der Waals surface area contributed by atoms with E-state index in [0.717, 1.165) is 25.7 Å². The van der Waals surface area contributed by atoms with E-state index in [2.05, 4.69) is 20.3 Å². The number of anilines is 1. The van der Waals surface area contributed by atoms with Crippen LogP contribution in [0.1, 0.15) is 44.2 Å². The third-order valence-corrected chi connectivity index (χ3v) is 5.04. The van der Waals surface area contributed by atoms with Crippen LogP contribution in [0.15, 0.2) is 6.33 Å². The van der Waals surface area contributed by atoms with Crippen molar-refractivity contribution < 1.29 is 25.2 Å². The van der Waals surface area contributed by atoms with Crippen LogP contribution >= 0.6 is 0 Å². The van der Waals surface area contributed by atoms with Gasteiger partial charge in [0.1, 0.15) is 18.8 Å². The zero-order chi connectivity index (χ0) is 18.3. The molecule has 0 aromatic carbocycles. The summed E-state index contributed by atoms with van der Waals surface area (Å²) in [5.41, 5.74) is 0.840. The molecular weight excluding hydrogens is 342 g/mol. The number of aliphatic hydroxyl groups excluding tert-OH is 4. The van der Waals surface area contributed by atoms with Gasteiger partial charge in [0.2, 0.25) is 0 Å². The molecule has 0 unspecified atom stereocenters. The summed E-state index contributed by atoms with van der Waals surface area (Å²) in [7, 11) is 0. The summed E-state index contributed by atoms with van der Waals surface area (Å²) < 4.78 is 6.67. The Balaban J connectivity index is 1.71. The maximum absolute atomic E-state index is 10.1. The monoisotopic (exact) mass is 365 g/mol. The molecule has 10 heteroatoms. The van der Waals surface area contributed by atoms with E-state index in [4.69, 9.17) is 4.74 Å². The largest absolute Gasteiger partial charge is 0.388 e. The Bertz CT molecular complexity index is 778. The van der Waals surface area contributed by atoms with Crippen molar-refractivity contribution in [3.05, 3.63) is 12.2 Å². The first-order chi connectivity index (χ1) is 12.6. The first-order valence-electron chi connectivity index (χ1n) is 8.89. The molecule has 1 aliphatic carbocycles. The number of rotatable bonds is 4. The van der Waals surface area contributed by atoms with Crippen molar-refractivity contribution >= 4 is 17.0 Å². The Hall–Kier alpha value is -1.85. The number of hydrogen-bond acceptors (Lipinski definition) is 9.